The molecule has 2 heterocycles. The van der Waals surface area contributed by atoms with E-state index >= 15 is 0 Å². The van der Waals surface area contributed by atoms with Crippen LogP contribution in [0.4, 0.5) is 5.00 Å². The number of thioether (sulfide) groups is 1. The van der Waals surface area contributed by atoms with Crippen LogP contribution in [0, 0.1) is 6.92 Å². The van der Waals surface area contributed by atoms with E-state index in [1.807, 2.05) is 6.92 Å². The van der Waals surface area contributed by atoms with Gasteiger partial charge in [-0.3, -0.25) is 4.79 Å². The summed E-state index contributed by atoms with van der Waals surface area (Å²) in [7, 11) is 1.39. The topological polar surface area (TPSA) is 81.2 Å². The molecule has 0 aromatic carbocycles. The number of nitrogens with zero attached hydrogens (tertiary/aromatic N) is 2. The fourth-order valence-corrected chi connectivity index (χ4v) is 6.20. The lowest BCUT2D eigenvalue weighted by atomic mass is 9.96. The van der Waals surface area contributed by atoms with Crippen molar-refractivity contribution in [2.45, 2.75) is 56.2 Å². The average molecular weight is 426 g/mol. The molecule has 0 spiro atoms. The Hall–Kier alpha value is -1.45. The molecule has 0 saturated heterocycles. The van der Waals surface area contributed by atoms with E-state index in [0.29, 0.717) is 22.7 Å². The first-order valence-corrected chi connectivity index (χ1v) is 11.7. The van der Waals surface area contributed by atoms with Gasteiger partial charge >= 0.3 is 5.97 Å². The first-order chi connectivity index (χ1) is 13.1. The van der Waals surface area contributed by atoms with Crippen LogP contribution in [0.5, 0.6) is 0 Å². The number of ether oxygens (including phenoxy) is 1. The Morgan fingerprint density at radius 1 is 1.15 bits per heavy atom. The van der Waals surface area contributed by atoms with Crippen molar-refractivity contribution in [1.29, 1.82) is 0 Å². The summed E-state index contributed by atoms with van der Waals surface area (Å²) in [5.41, 5.74) is 1.63. The maximum Gasteiger partial charge on any atom is 0.341 e. The molecule has 1 amide bonds. The number of fused-ring (bicyclic) bond motifs is 1. The molecule has 6 nitrogen and oxygen atoms in total. The van der Waals surface area contributed by atoms with Gasteiger partial charge in [0.05, 0.1) is 12.7 Å². The first kappa shape index (κ1) is 20.3. The molecule has 0 unspecified atom stereocenters. The number of hydrogen-bond donors (Lipinski definition) is 1. The van der Waals surface area contributed by atoms with Crippen LogP contribution in [0.15, 0.2) is 4.34 Å². The third-order valence-electron chi connectivity index (χ3n) is 4.38. The van der Waals surface area contributed by atoms with E-state index in [0.717, 1.165) is 40.6 Å². The van der Waals surface area contributed by atoms with Crippen molar-refractivity contribution in [3.63, 3.8) is 0 Å². The van der Waals surface area contributed by atoms with Gasteiger partial charge in [-0.1, -0.05) is 35.9 Å². The predicted octanol–water partition coefficient (Wildman–Crippen LogP) is 4.47. The lowest BCUT2D eigenvalue weighted by molar-refractivity contribution is -0.115. The zero-order valence-electron chi connectivity index (χ0n) is 15.5. The number of aromatic nitrogens is 2. The molecular weight excluding hydrogens is 402 g/mol. The second-order valence-corrected chi connectivity index (χ2v) is 9.98. The number of methoxy groups -OCH3 is 1. The number of nitrogens with one attached hydrogen (secondary N) is 1. The number of rotatable bonds is 6. The van der Waals surface area contributed by atoms with Gasteiger partial charge in [0.2, 0.25) is 5.91 Å². The van der Waals surface area contributed by atoms with Crippen LogP contribution in [-0.4, -0.2) is 34.9 Å². The number of carbonyl (C=O) groups excluding carboxylic acids is 2. The zero-order chi connectivity index (χ0) is 19.2. The predicted molar refractivity (Wildman–Crippen MR) is 110 cm³/mol. The molecule has 1 aliphatic carbocycles. The average Bonchev–Trinajstić information content (AvgIpc) is 3.17. The highest BCUT2D eigenvalue weighted by Gasteiger charge is 2.25. The Morgan fingerprint density at radius 2 is 1.93 bits per heavy atom. The largest absolute Gasteiger partial charge is 0.465 e. The number of aryl methyl sites for hydroxylation is 2. The van der Waals surface area contributed by atoms with E-state index in [1.165, 1.54) is 59.3 Å². The monoisotopic (exact) mass is 425 g/mol. The fourth-order valence-electron chi connectivity index (χ4n) is 3.08. The summed E-state index contributed by atoms with van der Waals surface area (Å²) in [6.45, 7) is 1.91. The van der Waals surface area contributed by atoms with Crippen molar-refractivity contribution in [3.05, 3.63) is 21.0 Å². The first-order valence-electron chi connectivity index (χ1n) is 9.04. The number of thiophene rings is 1. The van der Waals surface area contributed by atoms with Crippen LogP contribution >= 0.6 is 34.4 Å². The molecule has 0 atom stereocenters. The van der Waals surface area contributed by atoms with Crippen LogP contribution in [0.3, 0.4) is 0 Å². The minimum Gasteiger partial charge on any atom is -0.465 e. The second-order valence-electron chi connectivity index (χ2n) is 6.35. The zero-order valence-corrected chi connectivity index (χ0v) is 18.0. The van der Waals surface area contributed by atoms with Crippen LogP contribution in [0.2, 0.25) is 0 Å². The molecule has 2 aromatic heterocycles. The van der Waals surface area contributed by atoms with Crippen LogP contribution in [0.25, 0.3) is 0 Å². The van der Waals surface area contributed by atoms with E-state index in [9.17, 15) is 9.59 Å². The van der Waals surface area contributed by atoms with Gasteiger partial charge in [-0.2, -0.15) is 0 Å². The SMILES string of the molecule is COC(=O)c1c(NC(=O)CCSc2nnc(C)s2)sc2c1CCCCCC2. The second kappa shape index (κ2) is 9.66. The molecule has 0 fully saturated rings. The Morgan fingerprint density at radius 3 is 2.63 bits per heavy atom. The molecule has 146 valence electrons. The maximum absolute atomic E-state index is 12.4. The molecule has 0 bridgehead atoms. The Labute approximate surface area is 171 Å². The van der Waals surface area contributed by atoms with Gasteiger partial charge in [0.15, 0.2) is 4.34 Å². The number of anilines is 1. The fraction of sp³-hybridized carbons (Fsp3) is 0.556. The Bertz CT molecular complexity index is 816. The third kappa shape index (κ3) is 5.30. The van der Waals surface area contributed by atoms with Crippen LogP contribution in [-0.2, 0) is 22.4 Å². The van der Waals surface area contributed by atoms with Crippen molar-refractivity contribution in [1.82, 2.24) is 10.2 Å². The summed E-state index contributed by atoms with van der Waals surface area (Å²) in [4.78, 5) is 26.0. The molecule has 1 aliphatic rings. The van der Waals surface area contributed by atoms with E-state index in [-0.39, 0.29) is 11.9 Å². The van der Waals surface area contributed by atoms with Gasteiger partial charge in [-0.15, -0.1) is 21.5 Å². The van der Waals surface area contributed by atoms with E-state index < -0.39 is 0 Å². The summed E-state index contributed by atoms with van der Waals surface area (Å²) >= 11 is 4.58. The van der Waals surface area contributed by atoms with E-state index in [4.69, 9.17) is 4.74 Å². The number of hydrogen-bond acceptors (Lipinski definition) is 8. The molecule has 0 radical (unpaired) electrons. The van der Waals surface area contributed by atoms with Crippen LogP contribution < -0.4 is 5.32 Å². The standard InChI is InChI=1S/C18H23N3O3S3/c1-11-20-21-18(26-11)25-10-9-14(22)19-16-15(17(23)24-2)12-7-5-3-4-6-8-13(12)27-16/h3-10H2,1-2H3,(H,19,22). The maximum atomic E-state index is 12.4. The van der Waals surface area contributed by atoms with Gasteiger partial charge < -0.3 is 10.1 Å². The van der Waals surface area contributed by atoms with Crippen molar-refractivity contribution >= 4 is 51.3 Å². The number of amides is 1. The molecule has 0 saturated carbocycles. The molecule has 9 heteroatoms. The van der Waals surface area contributed by atoms with Gasteiger partial charge in [-0.25, -0.2) is 4.79 Å². The minimum absolute atomic E-state index is 0.0943. The normalized spacial score (nSPS) is 14.1. The molecule has 27 heavy (non-hydrogen) atoms. The van der Waals surface area contributed by atoms with Crippen molar-refractivity contribution < 1.29 is 14.3 Å². The molecular formula is C18H23N3O3S3. The van der Waals surface area contributed by atoms with Crippen molar-refractivity contribution in [2.24, 2.45) is 0 Å². The van der Waals surface area contributed by atoms with Crippen molar-refractivity contribution in [3.8, 4) is 0 Å². The molecule has 0 aliphatic heterocycles. The van der Waals surface area contributed by atoms with E-state index in [2.05, 4.69) is 15.5 Å². The number of carbonyl (C=O) groups is 2. The van der Waals surface area contributed by atoms with Gasteiger partial charge in [0.1, 0.15) is 10.0 Å². The van der Waals surface area contributed by atoms with Crippen molar-refractivity contribution in [2.75, 3.05) is 18.2 Å². The lowest BCUT2D eigenvalue weighted by Crippen LogP contribution is -2.15. The molecule has 2 aromatic rings. The highest BCUT2D eigenvalue weighted by Crippen LogP contribution is 2.37. The Balaban J connectivity index is 1.68. The summed E-state index contributed by atoms with van der Waals surface area (Å²) in [5.74, 6) is 0.171. The minimum atomic E-state index is -0.359. The molecule has 1 N–H and O–H groups in total. The van der Waals surface area contributed by atoms with Crippen LogP contribution in [0.1, 0.15) is 57.9 Å². The molecule has 3 rings (SSSR count). The summed E-state index contributed by atoms with van der Waals surface area (Å²) in [6, 6.07) is 0. The number of esters is 1. The lowest BCUT2D eigenvalue weighted by Gasteiger charge is -2.11. The van der Waals surface area contributed by atoms with Gasteiger partial charge in [0.25, 0.3) is 0 Å². The van der Waals surface area contributed by atoms with Gasteiger partial charge in [0, 0.05) is 17.1 Å². The Kier molecular flexibility index (Phi) is 7.26. The van der Waals surface area contributed by atoms with Gasteiger partial charge in [-0.05, 0) is 38.2 Å². The van der Waals surface area contributed by atoms with E-state index in [1.54, 1.807) is 0 Å². The highest BCUT2D eigenvalue weighted by molar-refractivity contribution is 8.01. The smallest absolute Gasteiger partial charge is 0.341 e. The summed E-state index contributed by atoms with van der Waals surface area (Å²) in [5, 5.41) is 12.5. The summed E-state index contributed by atoms with van der Waals surface area (Å²) < 4.78 is 5.86. The summed E-state index contributed by atoms with van der Waals surface area (Å²) in [6.07, 6.45) is 6.78. The highest BCUT2D eigenvalue weighted by atomic mass is 32.2. The quantitative estimate of drug-likeness (QED) is 0.543. The third-order valence-corrected chi connectivity index (χ3v) is 7.56.